The number of hydrogen-bond acceptors (Lipinski definition) is 2. The summed E-state index contributed by atoms with van der Waals surface area (Å²) in [7, 11) is 1.63. The molecule has 0 heterocycles. The Bertz CT molecular complexity index is 747. The Labute approximate surface area is 145 Å². The molecule has 23 heavy (non-hydrogen) atoms. The number of carbonyl (C=O) groups excluding carboxylic acids is 1. The van der Waals surface area contributed by atoms with E-state index in [1.165, 1.54) is 6.08 Å². The fourth-order valence-electron chi connectivity index (χ4n) is 2.24. The summed E-state index contributed by atoms with van der Waals surface area (Å²) in [6.07, 6.45) is 3.26. The number of amides is 1. The number of carbonyl (C=O) groups is 1. The highest BCUT2D eigenvalue weighted by atomic mass is 35.5. The van der Waals surface area contributed by atoms with Crippen LogP contribution in [-0.2, 0) is 4.79 Å². The first-order valence-electron chi connectivity index (χ1n) is 7.00. The second-order valence-electron chi connectivity index (χ2n) is 5.12. The Morgan fingerprint density at radius 1 is 1.13 bits per heavy atom. The summed E-state index contributed by atoms with van der Waals surface area (Å²) in [4.78, 5) is 12.1. The number of anilines is 1. The van der Waals surface area contributed by atoms with Gasteiger partial charge in [0.1, 0.15) is 5.75 Å². The standard InChI is InChI=1S/C18H17Cl2NO2/c1-11-8-14(23-3)9-12(2)15(11)5-7-18(22)21-17-6-4-13(19)10-16(17)20/h4-10H,1-3H3,(H,21,22)/b7-5+. The number of aryl methyl sites for hydroxylation is 2. The molecular formula is C18H17Cl2NO2. The van der Waals surface area contributed by atoms with Gasteiger partial charge in [-0.15, -0.1) is 0 Å². The van der Waals surface area contributed by atoms with E-state index in [1.807, 2.05) is 26.0 Å². The molecule has 0 fully saturated rings. The van der Waals surface area contributed by atoms with Gasteiger partial charge in [0.05, 0.1) is 17.8 Å². The van der Waals surface area contributed by atoms with E-state index in [2.05, 4.69) is 5.32 Å². The van der Waals surface area contributed by atoms with Gasteiger partial charge in [-0.1, -0.05) is 23.2 Å². The number of rotatable bonds is 4. The minimum absolute atomic E-state index is 0.260. The predicted molar refractivity (Wildman–Crippen MR) is 96.6 cm³/mol. The number of hydrogen-bond donors (Lipinski definition) is 1. The lowest BCUT2D eigenvalue weighted by Crippen LogP contribution is -2.08. The highest BCUT2D eigenvalue weighted by molar-refractivity contribution is 6.36. The molecule has 3 nitrogen and oxygen atoms in total. The lowest BCUT2D eigenvalue weighted by atomic mass is 10.0. The quantitative estimate of drug-likeness (QED) is 0.763. The topological polar surface area (TPSA) is 38.3 Å². The van der Waals surface area contributed by atoms with Gasteiger partial charge in [0.15, 0.2) is 0 Å². The number of benzene rings is 2. The van der Waals surface area contributed by atoms with Gasteiger partial charge in [-0.2, -0.15) is 0 Å². The molecular weight excluding hydrogens is 333 g/mol. The lowest BCUT2D eigenvalue weighted by Gasteiger charge is -2.09. The first-order valence-corrected chi connectivity index (χ1v) is 7.75. The van der Waals surface area contributed by atoms with Crippen LogP contribution in [0.5, 0.6) is 5.75 Å². The number of methoxy groups -OCH3 is 1. The van der Waals surface area contributed by atoms with E-state index in [0.29, 0.717) is 15.7 Å². The molecule has 0 atom stereocenters. The van der Waals surface area contributed by atoms with E-state index in [9.17, 15) is 4.79 Å². The molecule has 0 spiro atoms. The summed E-state index contributed by atoms with van der Waals surface area (Å²) in [5, 5.41) is 3.65. The minimum atomic E-state index is -0.260. The molecule has 5 heteroatoms. The van der Waals surface area contributed by atoms with Crippen molar-refractivity contribution in [1.29, 1.82) is 0 Å². The Hall–Kier alpha value is -1.97. The van der Waals surface area contributed by atoms with Crippen LogP contribution in [0.25, 0.3) is 6.08 Å². The number of ether oxygens (including phenoxy) is 1. The molecule has 0 aliphatic heterocycles. The molecule has 0 radical (unpaired) electrons. The molecule has 2 aromatic carbocycles. The maximum absolute atomic E-state index is 12.1. The molecule has 0 unspecified atom stereocenters. The first-order chi connectivity index (χ1) is 10.9. The summed E-state index contributed by atoms with van der Waals surface area (Å²) in [5.41, 5.74) is 3.59. The van der Waals surface area contributed by atoms with Crippen LogP contribution in [-0.4, -0.2) is 13.0 Å². The van der Waals surface area contributed by atoms with Crippen LogP contribution in [0.3, 0.4) is 0 Å². The van der Waals surface area contributed by atoms with Crippen molar-refractivity contribution in [3.05, 3.63) is 63.1 Å². The summed E-state index contributed by atoms with van der Waals surface area (Å²) >= 11 is 11.9. The van der Waals surface area contributed by atoms with Crippen molar-refractivity contribution in [2.24, 2.45) is 0 Å². The van der Waals surface area contributed by atoms with Gasteiger partial charge in [0, 0.05) is 11.1 Å². The van der Waals surface area contributed by atoms with Crippen molar-refractivity contribution in [3.63, 3.8) is 0 Å². The Morgan fingerprint density at radius 3 is 2.35 bits per heavy atom. The maximum Gasteiger partial charge on any atom is 0.248 e. The zero-order valence-corrected chi connectivity index (χ0v) is 14.6. The number of halogens is 2. The molecule has 0 aliphatic rings. The fraction of sp³-hybridized carbons (Fsp3) is 0.167. The van der Waals surface area contributed by atoms with Crippen LogP contribution in [0.4, 0.5) is 5.69 Å². The van der Waals surface area contributed by atoms with Crippen LogP contribution in [0.2, 0.25) is 10.0 Å². The highest BCUT2D eigenvalue weighted by Gasteiger charge is 2.06. The summed E-state index contributed by atoms with van der Waals surface area (Å²) in [5.74, 6) is 0.540. The van der Waals surface area contributed by atoms with Gasteiger partial charge in [0.2, 0.25) is 5.91 Å². The highest BCUT2D eigenvalue weighted by Crippen LogP contribution is 2.26. The lowest BCUT2D eigenvalue weighted by molar-refractivity contribution is -0.111. The van der Waals surface area contributed by atoms with E-state index >= 15 is 0 Å². The van der Waals surface area contributed by atoms with Crippen molar-refractivity contribution in [3.8, 4) is 5.75 Å². The first kappa shape index (κ1) is 17.4. The van der Waals surface area contributed by atoms with Gasteiger partial charge in [-0.05, 0) is 66.9 Å². The van der Waals surface area contributed by atoms with Gasteiger partial charge in [-0.25, -0.2) is 0 Å². The smallest absolute Gasteiger partial charge is 0.248 e. The van der Waals surface area contributed by atoms with Gasteiger partial charge < -0.3 is 10.1 Å². The van der Waals surface area contributed by atoms with E-state index in [0.717, 1.165) is 22.4 Å². The van der Waals surface area contributed by atoms with Crippen molar-refractivity contribution >= 4 is 40.9 Å². The minimum Gasteiger partial charge on any atom is -0.497 e. The molecule has 0 saturated carbocycles. The molecule has 1 N–H and O–H groups in total. The summed E-state index contributed by atoms with van der Waals surface area (Å²) < 4.78 is 5.23. The number of nitrogens with one attached hydrogen (secondary N) is 1. The third kappa shape index (κ3) is 4.50. The molecule has 2 aromatic rings. The largest absolute Gasteiger partial charge is 0.497 e. The zero-order valence-electron chi connectivity index (χ0n) is 13.1. The van der Waals surface area contributed by atoms with Gasteiger partial charge in [0.25, 0.3) is 0 Å². The Morgan fingerprint density at radius 2 is 1.78 bits per heavy atom. The average molecular weight is 350 g/mol. The predicted octanol–water partition coefficient (Wildman–Crippen LogP) is 5.27. The average Bonchev–Trinajstić information content (AvgIpc) is 2.49. The molecule has 120 valence electrons. The summed E-state index contributed by atoms with van der Waals surface area (Å²) in [6.45, 7) is 3.95. The van der Waals surface area contributed by atoms with Gasteiger partial charge in [-0.3, -0.25) is 4.79 Å². The van der Waals surface area contributed by atoms with Crippen molar-refractivity contribution < 1.29 is 9.53 Å². The third-order valence-corrected chi connectivity index (χ3v) is 3.94. The van der Waals surface area contributed by atoms with E-state index in [-0.39, 0.29) is 5.91 Å². The zero-order chi connectivity index (χ0) is 17.0. The van der Waals surface area contributed by atoms with Crippen molar-refractivity contribution in [1.82, 2.24) is 0 Å². The van der Waals surface area contributed by atoms with Crippen LogP contribution in [0.1, 0.15) is 16.7 Å². The third-order valence-electron chi connectivity index (χ3n) is 3.39. The molecule has 2 rings (SSSR count). The molecule has 1 amide bonds. The molecule has 0 aromatic heterocycles. The monoisotopic (exact) mass is 349 g/mol. The van der Waals surface area contributed by atoms with E-state index in [1.54, 1.807) is 31.4 Å². The van der Waals surface area contributed by atoms with E-state index < -0.39 is 0 Å². The van der Waals surface area contributed by atoms with Crippen molar-refractivity contribution in [2.75, 3.05) is 12.4 Å². The normalized spacial score (nSPS) is 10.8. The van der Waals surface area contributed by atoms with Crippen LogP contribution in [0.15, 0.2) is 36.4 Å². The fourth-order valence-corrected chi connectivity index (χ4v) is 2.70. The van der Waals surface area contributed by atoms with E-state index in [4.69, 9.17) is 27.9 Å². The summed E-state index contributed by atoms with van der Waals surface area (Å²) in [6, 6.07) is 8.78. The molecule has 0 aliphatic carbocycles. The second kappa shape index (κ2) is 7.53. The second-order valence-corrected chi connectivity index (χ2v) is 5.97. The SMILES string of the molecule is COc1cc(C)c(/C=C/C(=O)Nc2ccc(Cl)cc2Cl)c(C)c1. The van der Waals surface area contributed by atoms with Crippen LogP contribution >= 0.6 is 23.2 Å². The van der Waals surface area contributed by atoms with Crippen LogP contribution in [0, 0.1) is 13.8 Å². The van der Waals surface area contributed by atoms with Crippen molar-refractivity contribution in [2.45, 2.75) is 13.8 Å². The Balaban J connectivity index is 2.15. The maximum atomic E-state index is 12.1. The van der Waals surface area contributed by atoms with Crippen LogP contribution < -0.4 is 10.1 Å². The van der Waals surface area contributed by atoms with Gasteiger partial charge >= 0.3 is 0 Å². The molecule has 0 saturated heterocycles. The Kier molecular flexibility index (Phi) is 5.69. The molecule has 0 bridgehead atoms.